The number of aromatic nitrogens is 4. The van der Waals surface area contributed by atoms with Crippen LogP contribution in [0.2, 0.25) is 0 Å². The topological polar surface area (TPSA) is 51.6 Å². The van der Waals surface area contributed by atoms with Crippen molar-refractivity contribution in [2.24, 2.45) is 0 Å². The van der Waals surface area contributed by atoms with Gasteiger partial charge in [0.1, 0.15) is 11.0 Å². The van der Waals surface area contributed by atoms with E-state index in [4.69, 9.17) is 19.9 Å². The van der Waals surface area contributed by atoms with Crippen LogP contribution in [0, 0.1) is 0 Å². The monoisotopic (exact) mass is 384 g/mol. The summed E-state index contributed by atoms with van der Waals surface area (Å²) in [6.45, 7) is 0. The van der Waals surface area contributed by atoms with Gasteiger partial charge in [-0.15, -0.1) is 0 Å². The van der Waals surface area contributed by atoms with Gasteiger partial charge in [0.05, 0.1) is 34.8 Å². The first-order chi connectivity index (χ1) is 14.9. The zero-order chi connectivity index (χ0) is 19.9. The van der Waals surface area contributed by atoms with Crippen LogP contribution in [-0.4, -0.2) is 19.9 Å². The Morgan fingerprint density at radius 2 is 0.800 bits per heavy atom. The van der Waals surface area contributed by atoms with Crippen molar-refractivity contribution in [1.82, 2.24) is 19.9 Å². The van der Waals surface area contributed by atoms with Crippen LogP contribution in [0.15, 0.2) is 97.3 Å². The average molecular weight is 384 g/mol. The molecule has 0 fully saturated rings. The number of nitrogens with zero attached hydrogens (tertiary/aromatic N) is 4. The zero-order valence-corrected chi connectivity index (χ0v) is 16.0. The second-order valence-corrected chi connectivity index (χ2v) is 7.18. The minimum atomic E-state index is 0.774. The fourth-order valence-corrected chi connectivity index (χ4v) is 3.89. The lowest BCUT2D eigenvalue weighted by Gasteiger charge is -2.10. The van der Waals surface area contributed by atoms with Crippen LogP contribution in [0.1, 0.15) is 0 Å². The highest BCUT2D eigenvalue weighted by Gasteiger charge is 2.15. The normalized spacial score (nSPS) is 11.3. The summed E-state index contributed by atoms with van der Waals surface area (Å²) in [5, 5.41) is 2.06. The van der Waals surface area contributed by atoms with E-state index in [1.54, 1.807) is 0 Å². The van der Waals surface area contributed by atoms with E-state index in [0.29, 0.717) is 0 Å². The van der Waals surface area contributed by atoms with Crippen molar-refractivity contribution >= 4 is 32.8 Å². The second kappa shape index (κ2) is 6.71. The molecule has 2 aromatic heterocycles. The smallest absolute Gasteiger partial charge is 0.117 e. The quantitative estimate of drug-likeness (QED) is 0.341. The number of hydrogen-bond acceptors (Lipinski definition) is 4. The summed E-state index contributed by atoms with van der Waals surface area (Å²) in [4.78, 5) is 19.5. The van der Waals surface area contributed by atoms with E-state index in [-0.39, 0.29) is 0 Å². The molecule has 0 saturated heterocycles. The summed E-state index contributed by atoms with van der Waals surface area (Å²) < 4.78 is 0. The van der Waals surface area contributed by atoms with Gasteiger partial charge >= 0.3 is 0 Å². The Hall–Kier alpha value is -4.18. The van der Waals surface area contributed by atoms with E-state index in [1.165, 1.54) is 0 Å². The molecule has 6 aromatic rings. The first kappa shape index (κ1) is 16.7. The van der Waals surface area contributed by atoms with Gasteiger partial charge in [-0.2, -0.15) is 0 Å². The summed E-state index contributed by atoms with van der Waals surface area (Å²) in [5.41, 5.74) is 7.03. The van der Waals surface area contributed by atoms with Gasteiger partial charge in [0.15, 0.2) is 0 Å². The highest BCUT2D eigenvalue weighted by molar-refractivity contribution is 6.20. The van der Waals surface area contributed by atoms with Gasteiger partial charge in [-0.25, -0.2) is 19.9 Å². The third-order valence-corrected chi connectivity index (χ3v) is 5.35. The molecule has 30 heavy (non-hydrogen) atoms. The Kier molecular flexibility index (Phi) is 3.74. The van der Waals surface area contributed by atoms with E-state index in [1.807, 2.05) is 85.2 Å². The lowest BCUT2D eigenvalue weighted by molar-refractivity contribution is 1.27. The lowest BCUT2D eigenvalue weighted by atomic mass is 10.0. The molecule has 4 heteroatoms. The molecule has 0 aliphatic heterocycles. The number of fused-ring (bicyclic) bond motifs is 6. The van der Waals surface area contributed by atoms with Crippen molar-refractivity contribution in [3.05, 3.63) is 97.3 Å². The van der Waals surface area contributed by atoms with Gasteiger partial charge in [0.2, 0.25) is 0 Å². The maximum atomic E-state index is 4.97. The fourth-order valence-electron chi connectivity index (χ4n) is 3.89. The van der Waals surface area contributed by atoms with E-state index in [0.717, 1.165) is 55.4 Å². The standard InChI is InChI=1S/C26H16N4/c1-3-9-17(10-4-1)21-15-27-25-23(29-21)19-13-7-8-14-20(19)24-26(25)28-16-22(30-24)18-11-5-2-6-12-18/h1-16H. The van der Waals surface area contributed by atoms with E-state index in [2.05, 4.69) is 12.1 Å². The summed E-state index contributed by atoms with van der Waals surface area (Å²) >= 11 is 0. The maximum absolute atomic E-state index is 4.97. The Bertz CT molecular complexity index is 1390. The summed E-state index contributed by atoms with van der Waals surface area (Å²) in [7, 11) is 0. The SMILES string of the molecule is c1ccc(-c2cnc3c(n2)c2ccccc2c2nc(-c4ccccc4)cnc23)cc1. The zero-order valence-electron chi connectivity index (χ0n) is 16.0. The average Bonchev–Trinajstić information content (AvgIpc) is 2.85. The fraction of sp³-hybridized carbons (Fsp3) is 0. The maximum Gasteiger partial charge on any atom is 0.117 e. The van der Waals surface area contributed by atoms with Crippen molar-refractivity contribution in [2.45, 2.75) is 0 Å². The van der Waals surface area contributed by atoms with Crippen molar-refractivity contribution in [3.8, 4) is 22.5 Å². The van der Waals surface area contributed by atoms with E-state index >= 15 is 0 Å². The molecule has 0 atom stereocenters. The van der Waals surface area contributed by atoms with Crippen LogP contribution in [0.3, 0.4) is 0 Å². The Morgan fingerprint density at radius 1 is 0.400 bits per heavy atom. The summed E-state index contributed by atoms with van der Waals surface area (Å²) in [6, 6.07) is 28.4. The molecule has 0 bridgehead atoms. The van der Waals surface area contributed by atoms with Gasteiger partial charge in [0, 0.05) is 21.9 Å². The first-order valence-corrected chi connectivity index (χ1v) is 9.83. The van der Waals surface area contributed by atoms with Crippen molar-refractivity contribution < 1.29 is 0 Å². The summed E-state index contributed by atoms with van der Waals surface area (Å²) in [5.74, 6) is 0. The van der Waals surface area contributed by atoms with Crippen LogP contribution in [0.4, 0.5) is 0 Å². The Morgan fingerprint density at radius 3 is 1.23 bits per heavy atom. The molecule has 0 amide bonds. The number of hydrogen-bond donors (Lipinski definition) is 0. The predicted molar refractivity (Wildman–Crippen MR) is 121 cm³/mol. The van der Waals surface area contributed by atoms with Gasteiger partial charge in [-0.1, -0.05) is 84.9 Å². The molecule has 0 aliphatic rings. The molecule has 2 heterocycles. The Balaban J connectivity index is 1.69. The van der Waals surface area contributed by atoms with Crippen molar-refractivity contribution in [3.63, 3.8) is 0 Å². The molecule has 0 radical (unpaired) electrons. The molecule has 4 nitrogen and oxygen atoms in total. The van der Waals surface area contributed by atoms with Gasteiger partial charge in [0.25, 0.3) is 0 Å². The summed E-state index contributed by atoms with van der Waals surface area (Å²) in [6.07, 6.45) is 3.64. The highest BCUT2D eigenvalue weighted by Crippen LogP contribution is 2.33. The molecule has 0 aliphatic carbocycles. The third-order valence-electron chi connectivity index (χ3n) is 5.35. The minimum absolute atomic E-state index is 0.774. The van der Waals surface area contributed by atoms with Crippen LogP contribution in [0.25, 0.3) is 55.4 Å². The van der Waals surface area contributed by atoms with Gasteiger partial charge in [-0.3, -0.25) is 0 Å². The highest BCUT2D eigenvalue weighted by atomic mass is 14.9. The van der Waals surface area contributed by atoms with Crippen LogP contribution < -0.4 is 0 Å². The minimum Gasteiger partial charge on any atom is -0.250 e. The molecule has 0 N–H and O–H groups in total. The lowest BCUT2D eigenvalue weighted by Crippen LogP contribution is -1.96. The predicted octanol–water partition coefficient (Wildman–Crippen LogP) is 6.06. The molecule has 0 spiro atoms. The van der Waals surface area contributed by atoms with E-state index < -0.39 is 0 Å². The van der Waals surface area contributed by atoms with Gasteiger partial charge in [-0.05, 0) is 0 Å². The first-order valence-electron chi connectivity index (χ1n) is 9.83. The molecular weight excluding hydrogens is 368 g/mol. The van der Waals surface area contributed by atoms with Crippen molar-refractivity contribution in [2.75, 3.05) is 0 Å². The molecule has 4 aromatic carbocycles. The van der Waals surface area contributed by atoms with Gasteiger partial charge < -0.3 is 0 Å². The Labute approximate surface area is 172 Å². The molecular formula is C26H16N4. The van der Waals surface area contributed by atoms with Crippen molar-refractivity contribution in [1.29, 1.82) is 0 Å². The van der Waals surface area contributed by atoms with Crippen LogP contribution in [-0.2, 0) is 0 Å². The van der Waals surface area contributed by atoms with E-state index in [9.17, 15) is 0 Å². The second-order valence-electron chi connectivity index (χ2n) is 7.18. The number of rotatable bonds is 2. The molecule has 6 rings (SSSR count). The molecule has 0 unspecified atom stereocenters. The molecule has 0 saturated carbocycles. The van der Waals surface area contributed by atoms with Crippen LogP contribution in [0.5, 0.6) is 0 Å². The number of benzene rings is 4. The molecule has 140 valence electrons. The van der Waals surface area contributed by atoms with Crippen LogP contribution >= 0.6 is 0 Å². The third kappa shape index (κ3) is 2.62. The largest absolute Gasteiger partial charge is 0.250 e.